The number of imidazole rings is 1. The summed E-state index contributed by atoms with van der Waals surface area (Å²) in [5.74, 6) is -0.165. The molecule has 0 radical (unpaired) electrons. The molecule has 196 valence electrons. The van der Waals surface area contributed by atoms with Gasteiger partial charge in [-0.3, -0.25) is 9.88 Å². The van der Waals surface area contributed by atoms with Gasteiger partial charge in [0.15, 0.2) is 10.5 Å². The first-order chi connectivity index (χ1) is 17.7. The molecule has 0 aliphatic carbocycles. The van der Waals surface area contributed by atoms with Crippen molar-refractivity contribution in [2.24, 2.45) is 0 Å². The van der Waals surface area contributed by atoms with Gasteiger partial charge in [0.2, 0.25) is 5.88 Å². The lowest BCUT2D eigenvalue weighted by Crippen LogP contribution is -2.49. The lowest BCUT2D eigenvalue weighted by atomic mass is 10.1. The quantitative estimate of drug-likeness (QED) is 0.376. The molecule has 3 aromatic heterocycles. The summed E-state index contributed by atoms with van der Waals surface area (Å²) in [6.07, 6.45) is 4.04. The van der Waals surface area contributed by atoms with E-state index in [-0.39, 0.29) is 17.4 Å². The highest BCUT2D eigenvalue weighted by Crippen LogP contribution is 2.27. The van der Waals surface area contributed by atoms with Crippen molar-refractivity contribution in [2.75, 3.05) is 32.7 Å². The number of nitrogens with one attached hydrogen (secondary N) is 1. The summed E-state index contributed by atoms with van der Waals surface area (Å²) in [6, 6.07) is 6.58. The number of aromatic nitrogens is 4. The Hall–Kier alpha value is -3.77. The monoisotopic (exact) mass is 526 g/mol. The number of aromatic carboxylic acids is 1. The zero-order valence-corrected chi connectivity index (χ0v) is 21.6. The Labute approximate surface area is 219 Å². The molecule has 0 atom stereocenters. The van der Waals surface area contributed by atoms with Crippen LogP contribution in [0, 0.1) is 4.77 Å². The summed E-state index contributed by atoms with van der Waals surface area (Å²) in [5.41, 5.74) is 1.68. The zero-order chi connectivity index (χ0) is 26.5. The number of aryl methyl sites for hydroxylation is 1. The molecule has 0 bridgehead atoms. The summed E-state index contributed by atoms with van der Waals surface area (Å²) in [6.45, 7) is 7.34. The van der Waals surface area contributed by atoms with E-state index in [4.69, 9.17) is 22.1 Å². The van der Waals surface area contributed by atoms with Crippen molar-refractivity contribution < 1.29 is 24.5 Å². The number of carboxylic acids is 1. The number of aromatic amines is 1. The number of carboxylic acid groups (broad SMARTS) is 1. The minimum absolute atomic E-state index is 0.0162. The molecular weight excluding hydrogens is 496 g/mol. The molecule has 0 aromatic carbocycles. The molecular formula is C25H30N6O5S. The number of carbonyl (C=O) groups is 2. The second-order valence-corrected chi connectivity index (χ2v) is 9.54. The van der Waals surface area contributed by atoms with E-state index in [2.05, 4.69) is 19.9 Å². The number of hydrogen-bond acceptors (Lipinski definition) is 8. The van der Waals surface area contributed by atoms with Crippen LogP contribution in [0.25, 0.3) is 5.82 Å². The molecule has 11 nitrogen and oxygen atoms in total. The minimum atomic E-state index is -0.981. The van der Waals surface area contributed by atoms with E-state index in [0.717, 1.165) is 38.2 Å². The fourth-order valence-electron chi connectivity index (χ4n) is 4.13. The van der Waals surface area contributed by atoms with Gasteiger partial charge >= 0.3 is 12.1 Å². The molecule has 12 heteroatoms. The highest BCUT2D eigenvalue weighted by Gasteiger charge is 2.23. The van der Waals surface area contributed by atoms with Gasteiger partial charge in [0.05, 0.1) is 17.5 Å². The zero-order valence-electron chi connectivity index (χ0n) is 20.8. The van der Waals surface area contributed by atoms with Crippen LogP contribution in [0.3, 0.4) is 0 Å². The Morgan fingerprint density at radius 3 is 2.43 bits per heavy atom. The molecule has 4 rings (SSSR count). The Morgan fingerprint density at radius 2 is 1.86 bits per heavy atom. The summed E-state index contributed by atoms with van der Waals surface area (Å²) in [5, 5.41) is 19.4. The smallest absolute Gasteiger partial charge is 0.415 e. The van der Waals surface area contributed by atoms with Gasteiger partial charge in [-0.05, 0) is 61.8 Å². The van der Waals surface area contributed by atoms with Crippen molar-refractivity contribution in [1.82, 2.24) is 29.3 Å². The topological polar surface area (TPSA) is 137 Å². The van der Waals surface area contributed by atoms with Gasteiger partial charge in [-0.1, -0.05) is 13.8 Å². The number of ether oxygens (including phenoxy) is 1. The van der Waals surface area contributed by atoms with Crippen molar-refractivity contribution >= 4 is 24.3 Å². The number of piperazine rings is 1. The number of H-pyrrole nitrogens is 1. The maximum absolute atomic E-state index is 12.6. The van der Waals surface area contributed by atoms with Gasteiger partial charge in [-0.15, -0.1) is 0 Å². The van der Waals surface area contributed by atoms with Crippen molar-refractivity contribution in [2.45, 2.75) is 32.6 Å². The molecule has 0 unspecified atom stereocenters. The van der Waals surface area contributed by atoms with Crippen LogP contribution in [0.1, 0.15) is 47.9 Å². The van der Waals surface area contributed by atoms with Gasteiger partial charge < -0.3 is 24.8 Å². The van der Waals surface area contributed by atoms with E-state index >= 15 is 0 Å². The largest absolute Gasteiger partial charge is 0.493 e. The van der Waals surface area contributed by atoms with Crippen LogP contribution >= 0.6 is 12.2 Å². The summed E-state index contributed by atoms with van der Waals surface area (Å²) in [7, 11) is 0. The summed E-state index contributed by atoms with van der Waals surface area (Å²) >= 11 is 5.31. The van der Waals surface area contributed by atoms with E-state index < -0.39 is 12.1 Å². The second-order valence-electron chi connectivity index (χ2n) is 9.15. The Morgan fingerprint density at radius 1 is 1.11 bits per heavy atom. The summed E-state index contributed by atoms with van der Waals surface area (Å²) < 4.78 is 7.28. The lowest BCUT2D eigenvalue weighted by Gasteiger charge is -2.33. The molecule has 37 heavy (non-hydrogen) atoms. The van der Waals surface area contributed by atoms with Crippen LogP contribution in [-0.4, -0.2) is 84.3 Å². The van der Waals surface area contributed by atoms with E-state index in [1.165, 1.54) is 17.0 Å². The molecule has 0 spiro atoms. The molecule has 1 fully saturated rings. The third-order valence-electron chi connectivity index (χ3n) is 6.24. The van der Waals surface area contributed by atoms with Crippen LogP contribution < -0.4 is 4.74 Å². The number of aromatic hydroxyl groups is 1. The normalized spacial score (nSPS) is 14.2. The van der Waals surface area contributed by atoms with E-state index in [0.29, 0.717) is 35.1 Å². The minimum Gasteiger partial charge on any atom is -0.493 e. The van der Waals surface area contributed by atoms with Crippen molar-refractivity contribution in [1.29, 1.82) is 0 Å². The van der Waals surface area contributed by atoms with Crippen LogP contribution in [0.5, 0.6) is 11.6 Å². The molecule has 3 aromatic rings. The van der Waals surface area contributed by atoms with Crippen molar-refractivity contribution in [3.8, 4) is 17.4 Å². The number of nitrogens with zero attached hydrogens (tertiary/aromatic N) is 5. The number of pyridine rings is 2. The third kappa shape index (κ3) is 6.33. The Balaban J connectivity index is 1.23. The molecule has 3 N–H and O–H groups in total. The number of carbonyl (C=O) groups excluding carboxylic acids is 1. The van der Waals surface area contributed by atoms with Gasteiger partial charge in [-0.25, -0.2) is 19.1 Å². The maximum Gasteiger partial charge on any atom is 0.415 e. The molecule has 4 heterocycles. The fourth-order valence-corrected chi connectivity index (χ4v) is 4.42. The first-order valence-corrected chi connectivity index (χ1v) is 12.5. The van der Waals surface area contributed by atoms with Crippen LogP contribution in [-0.2, 0) is 6.42 Å². The van der Waals surface area contributed by atoms with Crippen LogP contribution in [0.15, 0.2) is 36.7 Å². The van der Waals surface area contributed by atoms with E-state index in [1.807, 2.05) is 13.8 Å². The second kappa shape index (κ2) is 11.5. The first-order valence-electron chi connectivity index (χ1n) is 12.1. The fraction of sp³-hybridized carbons (Fsp3) is 0.400. The predicted octanol–water partition coefficient (Wildman–Crippen LogP) is 3.60. The Bertz CT molecular complexity index is 1290. The van der Waals surface area contributed by atoms with Crippen LogP contribution in [0.2, 0.25) is 0 Å². The van der Waals surface area contributed by atoms with Gasteiger partial charge in [-0.2, -0.15) is 0 Å². The molecule has 1 amide bonds. The highest BCUT2D eigenvalue weighted by molar-refractivity contribution is 7.71. The third-order valence-corrected chi connectivity index (χ3v) is 6.52. The SMILES string of the molecule is CC(C)c1[nH]c(=S)n(-c2ccc(OC(=O)N3CCN(CCCc4ccc(C(=O)O)cn4)CC3)cn2)c1O. The molecule has 1 saturated heterocycles. The maximum atomic E-state index is 12.6. The molecule has 1 aliphatic rings. The highest BCUT2D eigenvalue weighted by atomic mass is 32.1. The van der Waals surface area contributed by atoms with Crippen molar-refractivity contribution in [3.63, 3.8) is 0 Å². The predicted molar refractivity (Wildman–Crippen MR) is 138 cm³/mol. The average molecular weight is 527 g/mol. The molecule has 0 saturated carbocycles. The van der Waals surface area contributed by atoms with Gasteiger partial charge in [0.1, 0.15) is 5.82 Å². The number of rotatable bonds is 8. The Kier molecular flexibility index (Phi) is 8.19. The van der Waals surface area contributed by atoms with Crippen LogP contribution in [0.4, 0.5) is 4.79 Å². The average Bonchev–Trinajstić information content (AvgIpc) is 3.19. The molecule has 1 aliphatic heterocycles. The lowest BCUT2D eigenvalue weighted by molar-refractivity contribution is 0.0696. The summed E-state index contributed by atoms with van der Waals surface area (Å²) in [4.78, 5) is 39.0. The van der Waals surface area contributed by atoms with Crippen molar-refractivity contribution in [3.05, 3.63) is 58.4 Å². The van der Waals surface area contributed by atoms with Gasteiger partial charge in [0, 0.05) is 38.1 Å². The van der Waals surface area contributed by atoms with E-state index in [1.54, 1.807) is 29.2 Å². The number of hydrogen-bond donors (Lipinski definition) is 3. The van der Waals surface area contributed by atoms with Gasteiger partial charge in [0.25, 0.3) is 0 Å². The van der Waals surface area contributed by atoms with E-state index in [9.17, 15) is 14.7 Å². The first kappa shape index (κ1) is 26.3. The number of amides is 1. The standard InChI is InChI=1S/C25H30N6O5S/c1-16(2)21-22(32)31(24(37)28-21)20-8-7-19(15-27-20)36-25(35)30-12-10-29(11-13-30)9-3-4-18-6-5-17(14-26-18)23(33)34/h5-8,14-16,32H,3-4,9-13H2,1-2H3,(H,28,37)(H,33,34).